The first kappa shape index (κ1) is 24.9. The molecule has 0 spiro atoms. The second kappa shape index (κ2) is 10.9. The van der Waals surface area contributed by atoms with Crippen molar-refractivity contribution in [2.24, 2.45) is 0 Å². The van der Waals surface area contributed by atoms with Gasteiger partial charge in [0, 0.05) is 24.2 Å². The number of carbonyl (C=O) groups is 1. The number of anilines is 1. The number of rotatable bonds is 9. The molecule has 1 aliphatic rings. The number of amides is 1. The quantitative estimate of drug-likeness (QED) is 0.519. The Morgan fingerprint density at radius 2 is 1.79 bits per heavy atom. The van der Waals surface area contributed by atoms with Crippen LogP contribution < -0.4 is 19.1 Å². The first-order chi connectivity index (χ1) is 15.7. The van der Waals surface area contributed by atoms with Crippen LogP contribution >= 0.6 is 11.6 Å². The molecule has 3 rings (SSSR count). The molecule has 7 nitrogen and oxygen atoms in total. The van der Waals surface area contributed by atoms with E-state index in [-0.39, 0.29) is 12.5 Å². The molecule has 0 fully saturated rings. The fourth-order valence-corrected chi connectivity index (χ4v) is 4.82. The Morgan fingerprint density at radius 3 is 2.36 bits per heavy atom. The van der Waals surface area contributed by atoms with E-state index in [1.807, 2.05) is 0 Å². The first-order valence-corrected chi connectivity index (χ1v) is 12.9. The highest BCUT2D eigenvalue weighted by Crippen LogP contribution is 2.39. The minimum Gasteiger partial charge on any atom is -0.495 e. The number of allylic oxidation sites excluding steroid dienone is 1. The van der Waals surface area contributed by atoms with Gasteiger partial charge in [0.05, 0.1) is 37.7 Å². The second-order valence-electron chi connectivity index (χ2n) is 7.92. The van der Waals surface area contributed by atoms with Crippen molar-refractivity contribution < 1.29 is 22.7 Å². The normalized spacial score (nSPS) is 13.8. The molecule has 1 amide bonds. The molecule has 0 aromatic heterocycles. The topological polar surface area (TPSA) is 84.9 Å². The van der Waals surface area contributed by atoms with Gasteiger partial charge in [-0.15, -0.1) is 0 Å². The van der Waals surface area contributed by atoms with Crippen LogP contribution in [-0.4, -0.2) is 41.3 Å². The van der Waals surface area contributed by atoms with Crippen LogP contribution in [-0.2, 0) is 16.6 Å². The molecule has 178 valence electrons. The van der Waals surface area contributed by atoms with E-state index >= 15 is 0 Å². The van der Waals surface area contributed by atoms with Gasteiger partial charge >= 0.3 is 0 Å². The fourth-order valence-electron chi connectivity index (χ4n) is 3.71. The maximum atomic E-state index is 12.6. The van der Waals surface area contributed by atoms with Crippen molar-refractivity contribution in [3.8, 4) is 11.5 Å². The lowest BCUT2D eigenvalue weighted by Crippen LogP contribution is -2.30. The van der Waals surface area contributed by atoms with Crippen LogP contribution in [0.4, 0.5) is 5.69 Å². The monoisotopic (exact) mass is 492 g/mol. The van der Waals surface area contributed by atoms with Crippen LogP contribution in [0.2, 0.25) is 5.02 Å². The van der Waals surface area contributed by atoms with E-state index in [9.17, 15) is 13.2 Å². The molecule has 0 saturated heterocycles. The summed E-state index contributed by atoms with van der Waals surface area (Å²) in [5.74, 6) is 0.484. The summed E-state index contributed by atoms with van der Waals surface area (Å²) in [5, 5.41) is 3.27. The van der Waals surface area contributed by atoms with E-state index in [0.29, 0.717) is 39.9 Å². The maximum Gasteiger partial charge on any atom is 0.251 e. The fraction of sp³-hybridized carbons (Fsp3) is 0.375. The standard InChI is InChI=1S/C24H29ClN2O5S/c1-31-22-14-21(23(32-2)13-20(22)25)27(33(3,29)30)16-18-9-11-19(12-10-18)24(28)26-15-17-7-5-4-6-8-17/h7,9-14H,4-6,8,15-16H2,1-3H3,(H,26,28). The molecule has 1 aliphatic carbocycles. The van der Waals surface area contributed by atoms with Crippen LogP contribution in [0.5, 0.6) is 11.5 Å². The summed E-state index contributed by atoms with van der Waals surface area (Å²) in [7, 11) is -0.766. The average Bonchev–Trinajstić information content (AvgIpc) is 2.81. The van der Waals surface area contributed by atoms with Gasteiger partial charge in [-0.25, -0.2) is 8.42 Å². The number of methoxy groups -OCH3 is 2. The Labute approximate surface area is 200 Å². The molecule has 1 N–H and O–H groups in total. The zero-order valence-corrected chi connectivity index (χ0v) is 20.6. The van der Waals surface area contributed by atoms with Crippen molar-refractivity contribution in [3.05, 3.63) is 64.2 Å². The van der Waals surface area contributed by atoms with Gasteiger partial charge in [-0.05, 0) is 43.4 Å². The highest BCUT2D eigenvalue weighted by atomic mass is 35.5. The third-order valence-electron chi connectivity index (χ3n) is 5.53. The first-order valence-electron chi connectivity index (χ1n) is 10.7. The number of nitrogens with one attached hydrogen (secondary N) is 1. The van der Waals surface area contributed by atoms with Crippen molar-refractivity contribution >= 4 is 33.2 Å². The van der Waals surface area contributed by atoms with E-state index < -0.39 is 10.0 Å². The summed E-state index contributed by atoms with van der Waals surface area (Å²) in [6.45, 7) is 0.607. The number of sulfonamides is 1. The highest BCUT2D eigenvalue weighted by molar-refractivity contribution is 7.92. The lowest BCUT2D eigenvalue weighted by atomic mass is 9.99. The molecule has 0 heterocycles. The van der Waals surface area contributed by atoms with E-state index in [1.165, 1.54) is 42.7 Å². The zero-order chi connectivity index (χ0) is 24.0. The Morgan fingerprint density at radius 1 is 1.09 bits per heavy atom. The van der Waals surface area contributed by atoms with Crippen LogP contribution in [0.1, 0.15) is 41.6 Å². The minimum absolute atomic E-state index is 0.0504. The predicted octanol–water partition coefficient (Wildman–Crippen LogP) is 4.55. The molecule has 0 aliphatic heterocycles. The summed E-state index contributed by atoms with van der Waals surface area (Å²) in [5.41, 5.74) is 2.81. The van der Waals surface area contributed by atoms with E-state index in [2.05, 4.69) is 11.4 Å². The van der Waals surface area contributed by atoms with Crippen molar-refractivity contribution in [2.45, 2.75) is 32.2 Å². The second-order valence-corrected chi connectivity index (χ2v) is 10.2. The number of ether oxygens (including phenoxy) is 2. The van der Waals surface area contributed by atoms with Gasteiger partial charge in [-0.2, -0.15) is 0 Å². The van der Waals surface area contributed by atoms with Crippen LogP contribution in [0, 0.1) is 0 Å². The van der Waals surface area contributed by atoms with Gasteiger partial charge in [-0.1, -0.05) is 35.4 Å². The number of hydrogen-bond acceptors (Lipinski definition) is 5. The average molecular weight is 493 g/mol. The molecule has 0 bridgehead atoms. The Hall–Kier alpha value is -2.71. The van der Waals surface area contributed by atoms with Gasteiger partial charge < -0.3 is 14.8 Å². The van der Waals surface area contributed by atoms with Gasteiger partial charge in [0.2, 0.25) is 10.0 Å². The van der Waals surface area contributed by atoms with Gasteiger partial charge in [0.25, 0.3) is 5.91 Å². The summed E-state index contributed by atoms with van der Waals surface area (Å²) in [4.78, 5) is 12.5. The van der Waals surface area contributed by atoms with Gasteiger partial charge in [0.1, 0.15) is 11.5 Å². The van der Waals surface area contributed by atoms with E-state index in [0.717, 1.165) is 25.5 Å². The molecular weight excluding hydrogens is 464 g/mol. The molecule has 2 aromatic carbocycles. The maximum absolute atomic E-state index is 12.6. The smallest absolute Gasteiger partial charge is 0.251 e. The van der Waals surface area contributed by atoms with Crippen molar-refractivity contribution in [1.29, 1.82) is 0 Å². The molecule has 0 atom stereocenters. The summed E-state index contributed by atoms with van der Waals surface area (Å²) in [6.07, 6.45) is 7.79. The number of carbonyl (C=O) groups excluding carboxylic acids is 1. The van der Waals surface area contributed by atoms with Crippen LogP contribution in [0.15, 0.2) is 48.0 Å². The molecule has 2 aromatic rings. The Kier molecular flexibility index (Phi) is 8.26. The van der Waals surface area contributed by atoms with Crippen LogP contribution in [0.3, 0.4) is 0 Å². The predicted molar refractivity (Wildman–Crippen MR) is 131 cm³/mol. The Bertz CT molecular complexity index is 1130. The van der Waals surface area contributed by atoms with Gasteiger partial charge in [0.15, 0.2) is 0 Å². The Balaban J connectivity index is 1.78. The largest absolute Gasteiger partial charge is 0.495 e. The van der Waals surface area contributed by atoms with Crippen molar-refractivity contribution in [1.82, 2.24) is 5.32 Å². The lowest BCUT2D eigenvalue weighted by molar-refractivity contribution is 0.0956. The molecule has 33 heavy (non-hydrogen) atoms. The molecular formula is C24H29ClN2O5S. The number of benzene rings is 2. The SMILES string of the molecule is COc1cc(N(Cc2ccc(C(=O)NCC3=CCCCC3)cc2)S(C)(=O)=O)c(OC)cc1Cl. The molecule has 0 radical (unpaired) electrons. The lowest BCUT2D eigenvalue weighted by Gasteiger charge is -2.25. The minimum atomic E-state index is -3.66. The summed E-state index contributed by atoms with van der Waals surface area (Å²) in [6, 6.07) is 9.92. The van der Waals surface area contributed by atoms with Gasteiger partial charge in [-0.3, -0.25) is 9.10 Å². The number of nitrogens with zero attached hydrogens (tertiary/aromatic N) is 1. The third-order valence-corrected chi connectivity index (χ3v) is 6.95. The molecule has 0 unspecified atom stereocenters. The van der Waals surface area contributed by atoms with E-state index in [1.54, 1.807) is 24.3 Å². The number of halogens is 1. The van der Waals surface area contributed by atoms with Crippen LogP contribution in [0.25, 0.3) is 0 Å². The zero-order valence-electron chi connectivity index (χ0n) is 19.1. The third kappa shape index (κ3) is 6.42. The number of hydrogen-bond donors (Lipinski definition) is 1. The van der Waals surface area contributed by atoms with Crippen molar-refractivity contribution in [3.63, 3.8) is 0 Å². The summed E-state index contributed by atoms with van der Waals surface area (Å²) < 4.78 is 37.1. The highest BCUT2D eigenvalue weighted by Gasteiger charge is 2.24. The summed E-state index contributed by atoms with van der Waals surface area (Å²) >= 11 is 6.17. The van der Waals surface area contributed by atoms with E-state index in [4.69, 9.17) is 21.1 Å². The molecule has 9 heteroatoms. The molecule has 0 saturated carbocycles. The van der Waals surface area contributed by atoms with Crippen molar-refractivity contribution in [2.75, 3.05) is 31.3 Å².